The number of esters is 1. The molecule has 1 unspecified atom stereocenters. The van der Waals surface area contributed by atoms with Gasteiger partial charge in [0.05, 0.1) is 17.4 Å². The number of Topliss-reactive ketones (excluding diaryl/α,β-unsaturated/α-hetero) is 1. The molecule has 0 spiro atoms. The van der Waals surface area contributed by atoms with Crippen molar-refractivity contribution in [2.75, 3.05) is 11.9 Å². The monoisotopic (exact) mass is 369 g/mol. The molecule has 0 saturated carbocycles. The van der Waals surface area contributed by atoms with Crippen molar-refractivity contribution in [3.05, 3.63) is 59.2 Å². The Morgan fingerprint density at radius 1 is 1.15 bits per heavy atom. The summed E-state index contributed by atoms with van der Waals surface area (Å²) >= 11 is 1.33. The van der Waals surface area contributed by atoms with Gasteiger partial charge >= 0.3 is 5.97 Å². The molecule has 1 aliphatic rings. The number of amides is 1. The number of para-hydroxylation sites is 1. The number of nitrogens with one attached hydrogen (secondary N) is 1. The fourth-order valence-corrected chi connectivity index (χ4v) is 3.88. The van der Waals surface area contributed by atoms with Crippen LogP contribution in [0.15, 0.2) is 47.4 Å². The van der Waals surface area contributed by atoms with Gasteiger partial charge in [0, 0.05) is 10.5 Å². The molecule has 0 fully saturated rings. The summed E-state index contributed by atoms with van der Waals surface area (Å²) in [6, 6.07) is 12.9. The highest BCUT2D eigenvalue weighted by Gasteiger charge is 2.29. The van der Waals surface area contributed by atoms with Gasteiger partial charge < -0.3 is 10.1 Å². The summed E-state index contributed by atoms with van der Waals surface area (Å²) in [6.07, 6.45) is -0.0784. The predicted octanol–water partition coefficient (Wildman–Crippen LogP) is 3.53. The SMILES string of the molecule is Cc1ccc(C(=O)COC(=O)CC2Sc3ccccc3NC2=O)c(C)c1. The average molecular weight is 369 g/mol. The summed E-state index contributed by atoms with van der Waals surface area (Å²) in [5.41, 5.74) is 3.21. The highest BCUT2D eigenvalue weighted by atomic mass is 32.2. The van der Waals surface area contributed by atoms with Crippen molar-refractivity contribution >= 4 is 35.1 Å². The molecule has 1 heterocycles. The molecule has 2 aromatic rings. The number of carbonyl (C=O) groups excluding carboxylic acids is 3. The molecule has 134 valence electrons. The molecule has 1 atom stereocenters. The maximum absolute atomic E-state index is 12.2. The molecule has 0 aromatic heterocycles. The lowest BCUT2D eigenvalue weighted by Crippen LogP contribution is -2.31. The van der Waals surface area contributed by atoms with Gasteiger partial charge in [-0.2, -0.15) is 0 Å². The van der Waals surface area contributed by atoms with Crippen LogP contribution in [-0.2, 0) is 14.3 Å². The number of fused-ring (bicyclic) bond motifs is 1. The molecule has 1 N–H and O–H groups in total. The van der Waals surface area contributed by atoms with Gasteiger partial charge in [0.25, 0.3) is 0 Å². The van der Waals surface area contributed by atoms with Gasteiger partial charge in [-0.05, 0) is 31.5 Å². The minimum absolute atomic E-state index is 0.0784. The summed E-state index contributed by atoms with van der Waals surface area (Å²) in [4.78, 5) is 37.4. The second kappa shape index (κ2) is 7.74. The van der Waals surface area contributed by atoms with E-state index in [0.717, 1.165) is 21.7 Å². The van der Waals surface area contributed by atoms with Crippen molar-refractivity contribution in [3.63, 3.8) is 0 Å². The quantitative estimate of drug-likeness (QED) is 0.645. The summed E-state index contributed by atoms with van der Waals surface area (Å²) in [6.45, 7) is 3.48. The average Bonchev–Trinajstić information content (AvgIpc) is 2.60. The lowest BCUT2D eigenvalue weighted by molar-refractivity contribution is -0.143. The molecule has 0 saturated heterocycles. The molecule has 1 aliphatic heterocycles. The second-order valence-electron chi connectivity index (χ2n) is 6.20. The summed E-state index contributed by atoms with van der Waals surface area (Å²) in [5, 5.41) is 2.22. The van der Waals surface area contributed by atoms with Crippen LogP contribution in [0.5, 0.6) is 0 Å². The number of hydrogen-bond acceptors (Lipinski definition) is 5. The van der Waals surface area contributed by atoms with Crippen LogP contribution in [0.25, 0.3) is 0 Å². The number of carbonyl (C=O) groups is 3. The van der Waals surface area contributed by atoms with Crippen molar-refractivity contribution in [1.29, 1.82) is 0 Å². The fraction of sp³-hybridized carbons (Fsp3) is 0.250. The normalized spacial score (nSPS) is 15.8. The molecule has 0 aliphatic carbocycles. The maximum atomic E-state index is 12.2. The van der Waals surface area contributed by atoms with Crippen LogP contribution in [0, 0.1) is 13.8 Å². The molecule has 0 bridgehead atoms. The van der Waals surface area contributed by atoms with E-state index in [1.807, 2.05) is 50.2 Å². The number of ketones is 1. The lowest BCUT2D eigenvalue weighted by atomic mass is 10.0. The first-order valence-electron chi connectivity index (χ1n) is 8.26. The highest BCUT2D eigenvalue weighted by molar-refractivity contribution is 8.01. The topological polar surface area (TPSA) is 72.5 Å². The number of thioether (sulfide) groups is 1. The lowest BCUT2D eigenvalue weighted by Gasteiger charge is -2.23. The number of benzene rings is 2. The van der Waals surface area contributed by atoms with Crippen molar-refractivity contribution in [2.24, 2.45) is 0 Å². The van der Waals surface area contributed by atoms with Gasteiger partial charge in [0.2, 0.25) is 11.7 Å². The van der Waals surface area contributed by atoms with Crippen LogP contribution in [-0.4, -0.2) is 29.5 Å². The van der Waals surface area contributed by atoms with E-state index in [9.17, 15) is 14.4 Å². The molecule has 3 rings (SSSR count). The third kappa shape index (κ3) is 4.14. The molecule has 5 nitrogen and oxygen atoms in total. The zero-order chi connectivity index (χ0) is 18.7. The van der Waals surface area contributed by atoms with E-state index in [1.54, 1.807) is 6.07 Å². The molecular formula is C20H19NO4S. The second-order valence-corrected chi connectivity index (χ2v) is 7.44. The van der Waals surface area contributed by atoms with Crippen LogP contribution < -0.4 is 5.32 Å². The Bertz CT molecular complexity index is 878. The number of anilines is 1. The number of hydrogen-bond donors (Lipinski definition) is 1. The standard InChI is InChI=1S/C20H19NO4S/c1-12-7-8-14(13(2)9-12)16(22)11-25-19(23)10-18-20(24)21-15-5-3-4-6-17(15)26-18/h3-9,18H,10-11H2,1-2H3,(H,21,24). The number of rotatable bonds is 5. The van der Waals surface area contributed by atoms with Crippen LogP contribution in [0.3, 0.4) is 0 Å². The van der Waals surface area contributed by atoms with Crippen LogP contribution in [0.4, 0.5) is 5.69 Å². The Hall–Kier alpha value is -2.60. The van der Waals surface area contributed by atoms with Gasteiger partial charge in [-0.3, -0.25) is 14.4 Å². The van der Waals surface area contributed by atoms with Gasteiger partial charge in [0.15, 0.2) is 6.61 Å². The van der Waals surface area contributed by atoms with Crippen LogP contribution in [0.2, 0.25) is 0 Å². The van der Waals surface area contributed by atoms with Gasteiger partial charge in [-0.1, -0.05) is 35.9 Å². The summed E-state index contributed by atoms with van der Waals surface area (Å²) in [5.74, 6) is -1.04. The Balaban J connectivity index is 1.56. The van der Waals surface area contributed by atoms with E-state index in [-0.39, 0.29) is 24.7 Å². The number of ether oxygens (including phenoxy) is 1. The van der Waals surface area contributed by atoms with Crippen molar-refractivity contribution < 1.29 is 19.1 Å². The zero-order valence-electron chi connectivity index (χ0n) is 14.6. The first kappa shape index (κ1) is 18.2. The Labute approximate surface area is 156 Å². The van der Waals surface area contributed by atoms with Crippen LogP contribution in [0.1, 0.15) is 27.9 Å². The predicted molar refractivity (Wildman–Crippen MR) is 101 cm³/mol. The van der Waals surface area contributed by atoms with Crippen molar-refractivity contribution in [3.8, 4) is 0 Å². The largest absolute Gasteiger partial charge is 0.457 e. The molecule has 26 heavy (non-hydrogen) atoms. The minimum atomic E-state index is -0.561. The van der Waals surface area contributed by atoms with E-state index >= 15 is 0 Å². The van der Waals surface area contributed by atoms with E-state index in [2.05, 4.69) is 5.32 Å². The van der Waals surface area contributed by atoms with Gasteiger partial charge in [-0.25, -0.2) is 0 Å². The number of aryl methyl sites for hydroxylation is 2. The zero-order valence-corrected chi connectivity index (χ0v) is 15.4. The van der Waals surface area contributed by atoms with Gasteiger partial charge in [0.1, 0.15) is 0 Å². The molecule has 2 aromatic carbocycles. The van der Waals surface area contributed by atoms with Crippen molar-refractivity contribution in [1.82, 2.24) is 0 Å². The molecular weight excluding hydrogens is 350 g/mol. The fourth-order valence-electron chi connectivity index (χ4n) is 2.79. The summed E-state index contributed by atoms with van der Waals surface area (Å²) in [7, 11) is 0. The van der Waals surface area contributed by atoms with E-state index in [0.29, 0.717) is 5.56 Å². The Kier molecular flexibility index (Phi) is 5.42. The minimum Gasteiger partial charge on any atom is -0.457 e. The van der Waals surface area contributed by atoms with E-state index in [1.165, 1.54) is 11.8 Å². The van der Waals surface area contributed by atoms with Gasteiger partial charge in [-0.15, -0.1) is 11.8 Å². The maximum Gasteiger partial charge on any atom is 0.307 e. The third-order valence-electron chi connectivity index (χ3n) is 4.11. The third-order valence-corrected chi connectivity index (χ3v) is 5.38. The Morgan fingerprint density at radius 2 is 1.92 bits per heavy atom. The highest BCUT2D eigenvalue weighted by Crippen LogP contribution is 2.36. The molecule has 0 radical (unpaired) electrons. The first-order valence-corrected chi connectivity index (χ1v) is 9.14. The summed E-state index contributed by atoms with van der Waals surface area (Å²) < 4.78 is 5.10. The first-order chi connectivity index (χ1) is 12.4. The van der Waals surface area contributed by atoms with Crippen molar-refractivity contribution in [2.45, 2.75) is 30.4 Å². The smallest absolute Gasteiger partial charge is 0.307 e. The van der Waals surface area contributed by atoms with Crippen LogP contribution >= 0.6 is 11.8 Å². The Morgan fingerprint density at radius 3 is 2.69 bits per heavy atom. The van der Waals surface area contributed by atoms with E-state index < -0.39 is 11.2 Å². The molecule has 6 heteroatoms. The van der Waals surface area contributed by atoms with E-state index in [4.69, 9.17) is 4.74 Å². The molecule has 1 amide bonds.